The van der Waals surface area contributed by atoms with Crippen molar-refractivity contribution in [2.24, 2.45) is 7.05 Å². The van der Waals surface area contributed by atoms with Crippen molar-refractivity contribution < 1.29 is 14.6 Å². The normalized spacial score (nSPS) is 20.2. The quantitative estimate of drug-likeness (QED) is 0.860. The molecule has 6 nitrogen and oxygen atoms in total. The topological polar surface area (TPSA) is 67.6 Å². The van der Waals surface area contributed by atoms with Crippen LogP contribution in [0.1, 0.15) is 30.4 Å². The number of aromatic nitrogens is 2. The fourth-order valence-corrected chi connectivity index (χ4v) is 3.31. The second-order valence-electron chi connectivity index (χ2n) is 7.27. The van der Waals surface area contributed by atoms with Crippen molar-refractivity contribution in [1.29, 1.82) is 0 Å². The minimum absolute atomic E-state index is 0.0716. The molecule has 1 N–H and O–H groups in total. The van der Waals surface area contributed by atoms with Crippen molar-refractivity contribution in [1.82, 2.24) is 14.7 Å². The lowest BCUT2D eigenvalue weighted by Gasteiger charge is -2.39. The van der Waals surface area contributed by atoms with Gasteiger partial charge in [0.15, 0.2) is 0 Å². The predicted octanol–water partition coefficient (Wildman–Crippen LogP) is 2.09. The van der Waals surface area contributed by atoms with Crippen LogP contribution in [0.15, 0.2) is 36.7 Å². The number of hydrogen-bond donors (Lipinski definition) is 1. The highest BCUT2D eigenvalue weighted by molar-refractivity contribution is 5.76. The number of nitrogens with zero attached hydrogens (tertiary/aromatic N) is 3. The fraction of sp³-hybridized carbons (Fsp3) is 0.500. The van der Waals surface area contributed by atoms with E-state index in [4.69, 9.17) is 4.74 Å². The number of rotatable bonds is 6. The highest BCUT2D eigenvalue weighted by Crippen LogP contribution is 2.24. The van der Waals surface area contributed by atoms with E-state index in [-0.39, 0.29) is 12.5 Å². The molecular weight excluding hydrogens is 330 g/mol. The van der Waals surface area contributed by atoms with Gasteiger partial charge in [-0.25, -0.2) is 0 Å². The van der Waals surface area contributed by atoms with E-state index in [1.165, 1.54) is 5.56 Å². The number of amides is 1. The van der Waals surface area contributed by atoms with Gasteiger partial charge in [-0.05, 0) is 43.9 Å². The molecule has 2 heterocycles. The first-order valence-corrected chi connectivity index (χ1v) is 9.11. The second kappa shape index (κ2) is 7.91. The number of β-amino-alcohol motifs (C(OH)–C–C–N with tert-alkyl or cyclic N) is 1. The third-order valence-corrected chi connectivity index (χ3v) is 4.82. The highest BCUT2D eigenvalue weighted by atomic mass is 16.5. The van der Waals surface area contributed by atoms with Crippen molar-refractivity contribution in [3.63, 3.8) is 0 Å². The largest absolute Gasteiger partial charge is 0.491 e. The standard InChI is InChI=1S/C20H27N3O3/c1-16-4-7-18(8-5-16)26-15-20(25)10-3-11-23(14-20)19(24)9-6-17-12-21-22(2)13-17/h4-5,7-8,12-13,25H,3,6,9-11,14-15H2,1-2H3/t20-/m0/s1. The molecule has 1 atom stereocenters. The number of likely N-dealkylation sites (tertiary alicyclic amines) is 1. The zero-order chi connectivity index (χ0) is 18.6. The smallest absolute Gasteiger partial charge is 0.223 e. The average molecular weight is 357 g/mol. The maximum atomic E-state index is 12.5. The SMILES string of the molecule is Cc1ccc(OC[C@]2(O)CCCN(C(=O)CCc3cnn(C)c3)C2)cc1. The van der Waals surface area contributed by atoms with Crippen molar-refractivity contribution in [3.05, 3.63) is 47.8 Å². The van der Waals surface area contributed by atoms with Crippen molar-refractivity contribution in [2.45, 2.75) is 38.2 Å². The van der Waals surface area contributed by atoms with Crippen LogP contribution in [-0.2, 0) is 18.3 Å². The molecule has 2 aromatic rings. The number of carbonyl (C=O) groups excluding carboxylic acids is 1. The minimum atomic E-state index is -0.993. The van der Waals surface area contributed by atoms with E-state index >= 15 is 0 Å². The summed E-state index contributed by atoms with van der Waals surface area (Å²) in [6, 6.07) is 7.76. The van der Waals surface area contributed by atoms with Gasteiger partial charge in [-0.3, -0.25) is 9.48 Å². The molecule has 1 aliphatic rings. The zero-order valence-corrected chi connectivity index (χ0v) is 15.5. The Morgan fingerprint density at radius 3 is 2.81 bits per heavy atom. The third kappa shape index (κ3) is 4.85. The van der Waals surface area contributed by atoms with Crippen LogP contribution in [0.3, 0.4) is 0 Å². The number of benzene rings is 1. The lowest BCUT2D eigenvalue weighted by molar-refractivity contribution is -0.140. The van der Waals surface area contributed by atoms with Gasteiger partial charge in [-0.1, -0.05) is 17.7 Å². The Morgan fingerprint density at radius 2 is 2.12 bits per heavy atom. The summed E-state index contributed by atoms with van der Waals surface area (Å²) >= 11 is 0. The van der Waals surface area contributed by atoms with Crippen molar-refractivity contribution in [2.75, 3.05) is 19.7 Å². The zero-order valence-electron chi connectivity index (χ0n) is 15.5. The van der Waals surface area contributed by atoms with Gasteiger partial charge in [0.2, 0.25) is 5.91 Å². The van der Waals surface area contributed by atoms with Gasteiger partial charge >= 0.3 is 0 Å². The maximum Gasteiger partial charge on any atom is 0.223 e. The van der Waals surface area contributed by atoms with Gasteiger partial charge in [0.25, 0.3) is 0 Å². The van der Waals surface area contributed by atoms with E-state index in [0.717, 1.165) is 17.7 Å². The molecule has 0 unspecified atom stereocenters. The van der Waals surface area contributed by atoms with Crippen molar-refractivity contribution in [3.8, 4) is 5.75 Å². The first-order chi connectivity index (χ1) is 12.4. The molecule has 1 amide bonds. The van der Waals surface area contributed by atoms with Gasteiger partial charge in [0.05, 0.1) is 12.7 Å². The molecule has 1 aromatic heterocycles. The van der Waals surface area contributed by atoms with E-state index in [9.17, 15) is 9.90 Å². The van der Waals surface area contributed by atoms with Crippen LogP contribution in [0.25, 0.3) is 0 Å². The Kier molecular flexibility index (Phi) is 5.61. The van der Waals surface area contributed by atoms with E-state index < -0.39 is 5.60 Å². The van der Waals surface area contributed by atoms with Crippen LogP contribution in [0.4, 0.5) is 0 Å². The van der Waals surface area contributed by atoms with Gasteiger partial charge in [0, 0.05) is 26.2 Å². The van der Waals surface area contributed by atoms with E-state index in [1.54, 1.807) is 15.8 Å². The summed E-state index contributed by atoms with van der Waals surface area (Å²) in [5.41, 5.74) is 1.22. The molecule has 6 heteroatoms. The molecule has 1 aliphatic heterocycles. The monoisotopic (exact) mass is 357 g/mol. The number of carbonyl (C=O) groups is 1. The summed E-state index contributed by atoms with van der Waals surface area (Å²) in [5, 5.41) is 15.0. The first kappa shape index (κ1) is 18.5. The van der Waals surface area contributed by atoms with Gasteiger partial charge < -0.3 is 14.7 Å². The van der Waals surface area contributed by atoms with E-state index in [2.05, 4.69) is 5.10 Å². The molecule has 0 aliphatic carbocycles. The maximum absolute atomic E-state index is 12.5. The molecular formula is C20H27N3O3. The van der Waals surface area contributed by atoms with Crippen LogP contribution < -0.4 is 4.74 Å². The first-order valence-electron chi connectivity index (χ1n) is 9.11. The molecule has 0 spiro atoms. The molecule has 0 radical (unpaired) electrons. The molecule has 0 saturated carbocycles. The van der Waals surface area contributed by atoms with Crippen molar-refractivity contribution >= 4 is 5.91 Å². The van der Waals surface area contributed by atoms with Crippen LogP contribution in [0.2, 0.25) is 0 Å². The molecule has 140 valence electrons. The lowest BCUT2D eigenvalue weighted by Crippen LogP contribution is -2.53. The van der Waals surface area contributed by atoms with E-state index in [0.29, 0.717) is 32.4 Å². The minimum Gasteiger partial charge on any atom is -0.491 e. The summed E-state index contributed by atoms with van der Waals surface area (Å²) < 4.78 is 7.50. The molecule has 26 heavy (non-hydrogen) atoms. The second-order valence-corrected chi connectivity index (χ2v) is 7.27. The summed E-state index contributed by atoms with van der Waals surface area (Å²) in [6.07, 6.45) is 6.24. The highest BCUT2D eigenvalue weighted by Gasteiger charge is 2.35. The van der Waals surface area contributed by atoms with Gasteiger partial charge in [-0.2, -0.15) is 5.10 Å². The summed E-state index contributed by atoms with van der Waals surface area (Å²) in [5.74, 6) is 0.811. The Labute approximate surface area is 154 Å². The number of aliphatic hydroxyl groups is 1. The third-order valence-electron chi connectivity index (χ3n) is 4.82. The van der Waals surface area contributed by atoms with E-state index in [1.807, 2.05) is 44.4 Å². The summed E-state index contributed by atoms with van der Waals surface area (Å²) in [4.78, 5) is 14.3. The summed E-state index contributed by atoms with van der Waals surface area (Å²) in [6.45, 7) is 3.24. The number of ether oxygens (including phenoxy) is 1. The molecule has 1 fully saturated rings. The van der Waals surface area contributed by atoms with Crippen LogP contribution in [0.5, 0.6) is 5.75 Å². The Bertz CT molecular complexity index is 741. The summed E-state index contributed by atoms with van der Waals surface area (Å²) in [7, 11) is 1.87. The number of aryl methyl sites for hydroxylation is 3. The predicted molar refractivity (Wildman–Crippen MR) is 99.0 cm³/mol. The van der Waals surface area contributed by atoms with Gasteiger partial charge in [0.1, 0.15) is 18.0 Å². The molecule has 1 saturated heterocycles. The molecule has 1 aromatic carbocycles. The Morgan fingerprint density at radius 1 is 1.35 bits per heavy atom. The van der Waals surface area contributed by atoms with Gasteiger partial charge in [-0.15, -0.1) is 0 Å². The Hall–Kier alpha value is -2.34. The lowest BCUT2D eigenvalue weighted by atomic mass is 9.93. The molecule has 0 bridgehead atoms. The number of hydrogen-bond acceptors (Lipinski definition) is 4. The molecule has 3 rings (SSSR count). The fourth-order valence-electron chi connectivity index (χ4n) is 3.31. The Balaban J connectivity index is 1.51. The van der Waals surface area contributed by atoms with Crippen LogP contribution in [-0.4, -0.2) is 51.0 Å². The van der Waals surface area contributed by atoms with Crippen LogP contribution >= 0.6 is 0 Å². The van der Waals surface area contributed by atoms with Crippen LogP contribution in [0, 0.1) is 6.92 Å². The average Bonchev–Trinajstić information content (AvgIpc) is 3.05. The number of piperidine rings is 1.